The quantitative estimate of drug-likeness (QED) is 0.932. The summed E-state index contributed by atoms with van der Waals surface area (Å²) in [6.07, 6.45) is 0.884. The summed E-state index contributed by atoms with van der Waals surface area (Å²) in [6.45, 7) is 3.91. The van der Waals surface area contributed by atoms with E-state index in [2.05, 4.69) is 10.3 Å². The van der Waals surface area contributed by atoms with Gasteiger partial charge in [0.1, 0.15) is 5.82 Å². The number of thiazole rings is 1. The van der Waals surface area contributed by atoms with Crippen molar-refractivity contribution in [1.29, 1.82) is 0 Å². The Morgan fingerprint density at radius 3 is 2.95 bits per heavy atom. The van der Waals surface area contributed by atoms with E-state index in [9.17, 15) is 9.18 Å². The van der Waals surface area contributed by atoms with E-state index >= 15 is 0 Å². The Bertz CT molecular complexity index is 582. The van der Waals surface area contributed by atoms with Crippen molar-refractivity contribution < 1.29 is 9.18 Å². The van der Waals surface area contributed by atoms with E-state index in [1.54, 1.807) is 17.4 Å². The highest BCUT2D eigenvalue weighted by Crippen LogP contribution is 2.17. The molecule has 0 radical (unpaired) electrons. The summed E-state index contributed by atoms with van der Waals surface area (Å²) < 4.78 is 13.0. The molecule has 1 amide bonds. The molecule has 0 saturated carbocycles. The molecule has 0 fully saturated rings. The average Bonchev–Trinajstić information content (AvgIpc) is 2.87. The zero-order valence-corrected chi connectivity index (χ0v) is 11.6. The van der Waals surface area contributed by atoms with Gasteiger partial charge in [0.05, 0.1) is 16.7 Å². The lowest BCUT2D eigenvalue weighted by molar-refractivity contribution is 0.0938. The van der Waals surface area contributed by atoms with E-state index in [1.165, 1.54) is 18.2 Å². The van der Waals surface area contributed by atoms with Gasteiger partial charge >= 0.3 is 0 Å². The van der Waals surface area contributed by atoms with Crippen LogP contribution in [-0.4, -0.2) is 10.9 Å². The predicted molar refractivity (Wildman–Crippen MR) is 73.8 cm³/mol. The smallest absolute Gasteiger partial charge is 0.251 e. The molecule has 1 aromatic carbocycles. The van der Waals surface area contributed by atoms with Crippen LogP contribution in [0, 0.1) is 5.82 Å². The van der Waals surface area contributed by atoms with Crippen LogP contribution in [0.1, 0.15) is 40.9 Å². The van der Waals surface area contributed by atoms with Crippen molar-refractivity contribution in [2.45, 2.75) is 26.3 Å². The number of hydrogen-bond acceptors (Lipinski definition) is 3. The third kappa shape index (κ3) is 3.38. The maximum absolute atomic E-state index is 13.0. The number of carbonyl (C=O) groups is 1. The minimum atomic E-state index is -0.415. The van der Waals surface area contributed by atoms with Gasteiger partial charge in [0, 0.05) is 10.9 Å². The van der Waals surface area contributed by atoms with E-state index in [0.29, 0.717) is 5.56 Å². The molecule has 0 spiro atoms. The summed E-state index contributed by atoms with van der Waals surface area (Å²) >= 11 is 1.58. The molecule has 19 heavy (non-hydrogen) atoms. The van der Waals surface area contributed by atoms with Gasteiger partial charge in [-0.05, 0) is 31.5 Å². The van der Waals surface area contributed by atoms with E-state index in [1.807, 2.05) is 19.2 Å². The van der Waals surface area contributed by atoms with Crippen LogP contribution in [0.4, 0.5) is 4.39 Å². The van der Waals surface area contributed by atoms with Crippen LogP contribution in [0.5, 0.6) is 0 Å². The maximum Gasteiger partial charge on any atom is 0.251 e. The number of rotatable bonds is 4. The van der Waals surface area contributed by atoms with Gasteiger partial charge in [-0.2, -0.15) is 0 Å². The van der Waals surface area contributed by atoms with Crippen LogP contribution < -0.4 is 5.32 Å². The standard InChI is InChI=1S/C14H15FN2OS/c1-3-13-17-12(8-19-13)9(2)16-14(18)10-5-4-6-11(15)7-10/h4-9H,3H2,1-2H3,(H,16,18)/t9-/m1/s1. The first-order valence-electron chi connectivity index (χ1n) is 6.11. The highest BCUT2D eigenvalue weighted by Gasteiger charge is 2.14. The summed E-state index contributed by atoms with van der Waals surface area (Å²) in [6, 6.07) is 5.46. The zero-order valence-electron chi connectivity index (χ0n) is 10.8. The Labute approximate surface area is 115 Å². The fourth-order valence-corrected chi connectivity index (χ4v) is 2.51. The zero-order chi connectivity index (χ0) is 13.8. The summed E-state index contributed by atoms with van der Waals surface area (Å²) in [4.78, 5) is 16.4. The summed E-state index contributed by atoms with van der Waals surface area (Å²) in [5.41, 5.74) is 1.16. The number of hydrogen-bond donors (Lipinski definition) is 1. The van der Waals surface area contributed by atoms with Gasteiger partial charge in [-0.3, -0.25) is 4.79 Å². The Morgan fingerprint density at radius 2 is 2.32 bits per heavy atom. The molecule has 1 heterocycles. The molecule has 1 N–H and O–H groups in total. The molecule has 1 aromatic heterocycles. The Morgan fingerprint density at radius 1 is 1.53 bits per heavy atom. The third-order valence-electron chi connectivity index (χ3n) is 2.75. The monoisotopic (exact) mass is 278 g/mol. The highest BCUT2D eigenvalue weighted by molar-refractivity contribution is 7.09. The molecule has 0 aliphatic carbocycles. The number of nitrogens with one attached hydrogen (secondary N) is 1. The minimum absolute atomic E-state index is 0.188. The molecule has 100 valence electrons. The lowest BCUT2D eigenvalue weighted by atomic mass is 10.2. The molecule has 0 bridgehead atoms. The molecule has 2 aromatic rings. The van der Waals surface area contributed by atoms with Crippen LogP contribution in [0.2, 0.25) is 0 Å². The minimum Gasteiger partial charge on any atom is -0.344 e. The number of benzene rings is 1. The molecular weight excluding hydrogens is 263 g/mol. The molecule has 3 nitrogen and oxygen atoms in total. The SMILES string of the molecule is CCc1nc([C@@H](C)NC(=O)c2cccc(F)c2)cs1. The van der Waals surface area contributed by atoms with E-state index in [4.69, 9.17) is 0 Å². The molecule has 0 unspecified atom stereocenters. The van der Waals surface area contributed by atoms with Crippen LogP contribution in [0.15, 0.2) is 29.6 Å². The molecule has 0 aliphatic heterocycles. The van der Waals surface area contributed by atoms with E-state index in [0.717, 1.165) is 17.1 Å². The van der Waals surface area contributed by atoms with Crippen molar-refractivity contribution in [3.05, 3.63) is 51.7 Å². The highest BCUT2D eigenvalue weighted by atomic mass is 32.1. The lowest BCUT2D eigenvalue weighted by Crippen LogP contribution is -2.26. The molecular formula is C14H15FN2OS. The Balaban J connectivity index is 2.06. The first-order valence-corrected chi connectivity index (χ1v) is 6.99. The van der Waals surface area contributed by atoms with E-state index < -0.39 is 5.82 Å². The second-order valence-electron chi connectivity index (χ2n) is 4.23. The number of halogens is 1. The maximum atomic E-state index is 13.0. The number of carbonyl (C=O) groups excluding carboxylic acids is 1. The fourth-order valence-electron chi connectivity index (χ4n) is 1.67. The van der Waals surface area contributed by atoms with Crippen LogP contribution in [0.3, 0.4) is 0 Å². The van der Waals surface area contributed by atoms with Crippen LogP contribution in [0.25, 0.3) is 0 Å². The Hall–Kier alpha value is -1.75. The number of aromatic nitrogens is 1. The first-order chi connectivity index (χ1) is 9.10. The van der Waals surface area contributed by atoms with E-state index in [-0.39, 0.29) is 11.9 Å². The number of amides is 1. The van der Waals surface area contributed by atoms with Gasteiger partial charge < -0.3 is 5.32 Å². The summed E-state index contributed by atoms with van der Waals surface area (Å²) in [7, 11) is 0. The third-order valence-corrected chi connectivity index (χ3v) is 3.76. The average molecular weight is 278 g/mol. The van der Waals surface area contributed by atoms with Gasteiger partial charge in [0.15, 0.2) is 0 Å². The van der Waals surface area contributed by atoms with Gasteiger partial charge in [-0.25, -0.2) is 9.37 Å². The van der Waals surface area contributed by atoms with Crippen molar-refractivity contribution in [1.82, 2.24) is 10.3 Å². The molecule has 0 aliphatic rings. The second-order valence-corrected chi connectivity index (χ2v) is 5.17. The molecule has 1 atom stereocenters. The molecule has 5 heteroatoms. The molecule has 0 saturated heterocycles. The number of nitrogens with zero attached hydrogens (tertiary/aromatic N) is 1. The first kappa shape index (κ1) is 13.7. The largest absolute Gasteiger partial charge is 0.344 e. The predicted octanol–water partition coefficient (Wildman–Crippen LogP) is 3.34. The fraction of sp³-hybridized carbons (Fsp3) is 0.286. The lowest BCUT2D eigenvalue weighted by Gasteiger charge is -2.11. The van der Waals surface area contributed by atoms with Crippen molar-refractivity contribution in [3.63, 3.8) is 0 Å². The van der Waals surface area contributed by atoms with Gasteiger partial charge in [0.2, 0.25) is 0 Å². The van der Waals surface area contributed by atoms with Crippen LogP contribution in [-0.2, 0) is 6.42 Å². The van der Waals surface area contributed by atoms with Crippen molar-refractivity contribution in [2.24, 2.45) is 0 Å². The Kier molecular flexibility index (Phi) is 4.27. The van der Waals surface area contributed by atoms with Crippen molar-refractivity contribution in [3.8, 4) is 0 Å². The summed E-state index contributed by atoms with van der Waals surface area (Å²) in [5, 5.41) is 5.80. The topological polar surface area (TPSA) is 42.0 Å². The molecule has 2 rings (SSSR count). The van der Waals surface area contributed by atoms with Gasteiger partial charge in [-0.1, -0.05) is 13.0 Å². The normalized spacial score (nSPS) is 12.2. The van der Waals surface area contributed by atoms with Gasteiger partial charge in [0.25, 0.3) is 5.91 Å². The number of aryl methyl sites for hydroxylation is 1. The van der Waals surface area contributed by atoms with Crippen molar-refractivity contribution >= 4 is 17.2 Å². The summed E-state index contributed by atoms with van der Waals surface area (Å²) in [5.74, 6) is -0.708. The second kappa shape index (κ2) is 5.93. The van der Waals surface area contributed by atoms with Gasteiger partial charge in [-0.15, -0.1) is 11.3 Å². The van der Waals surface area contributed by atoms with Crippen LogP contribution >= 0.6 is 11.3 Å². The van der Waals surface area contributed by atoms with Crippen molar-refractivity contribution in [2.75, 3.05) is 0 Å².